The lowest BCUT2D eigenvalue weighted by Crippen LogP contribution is -2.10. The summed E-state index contributed by atoms with van der Waals surface area (Å²) in [5.74, 6) is 0.454. The minimum Gasteiger partial charge on any atom is -0.272 e. The second-order valence-electron chi connectivity index (χ2n) is 3.30. The highest BCUT2D eigenvalue weighted by Gasteiger charge is 2.16. The van der Waals surface area contributed by atoms with Crippen molar-refractivity contribution >= 4 is 23.3 Å². The molecule has 1 aliphatic carbocycles. The van der Waals surface area contributed by atoms with E-state index in [0.29, 0.717) is 12.3 Å². The van der Waals surface area contributed by atoms with Crippen molar-refractivity contribution < 1.29 is 4.79 Å². The van der Waals surface area contributed by atoms with Crippen LogP contribution in [0.15, 0.2) is 4.99 Å². The van der Waals surface area contributed by atoms with E-state index < -0.39 is 0 Å². The molecule has 0 bridgehead atoms. The van der Waals surface area contributed by atoms with E-state index in [-0.39, 0.29) is 5.91 Å². The average Bonchev–Trinajstić information content (AvgIpc) is 2.06. The van der Waals surface area contributed by atoms with E-state index in [2.05, 4.69) is 22.4 Å². The van der Waals surface area contributed by atoms with Crippen LogP contribution in [-0.2, 0) is 4.79 Å². The van der Waals surface area contributed by atoms with Gasteiger partial charge in [0.15, 0.2) is 0 Å². The molecule has 1 fully saturated rings. The van der Waals surface area contributed by atoms with Crippen LogP contribution < -0.4 is 0 Å². The summed E-state index contributed by atoms with van der Waals surface area (Å²) in [5, 5.41) is 2.12. The van der Waals surface area contributed by atoms with Crippen molar-refractivity contribution in [3.63, 3.8) is 0 Å². The van der Waals surface area contributed by atoms with Crippen LogP contribution >= 0.6 is 12.2 Å². The maximum absolute atomic E-state index is 11.0. The van der Waals surface area contributed by atoms with Crippen LogP contribution in [0, 0.1) is 5.92 Å². The van der Waals surface area contributed by atoms with Crippen molar-refractivity contribution in [2.45, 2.75) is 38.5 Å². The third kappa shape index (κ3) is 3.24. The van der Waals surface area contributed by atoms with Gasteiger partial charge in [0.25, 0.3) is 5.91 Å². The molecule has 0 heterocycles. The minimum absolute atomic E-state index is 0.100. The molecule has 1 amide bonds. The molecule has 0 N–H and O–H groups in total. The molecule has 0 aromatic heterocycles. The van der Waals surface area contributed by atoms with Crippen LogP contribution in [0.5, 0.6) is 0 Å². The van der Waals surface area contributed by atoms with Crippen molar-refractivity contribution in [1.29, 1.82) is 0 Å². The van der Waals surface area contributed by atoms with Crippen molar-refractivity contribution in [2.75, 3.05) is 0 Å². The number of amides is 1. The van der Waals surface area contributed by atoms with Gasteiger partial charge < -0.3 is 0 Å². The van der Waals surface area contributed by atoms with Gasteiger partial charge in [-0.1, -0.05) is 19.3 Å². The SMILES string of the molecule is O=C(CC1CCCCC1)N=C=S. The standard InChI is InChI=1S/C9H13NOS/c11-9(10-7-12)6-8-4-2-1-3-5-8/h8H,1-6H2. The number of hydrogen-bond donors (Lipinski definition) is 0. The van der Waals surface area contributed by atoms with E-state index >= 15 is 0 Å². The fraction of sp³-hybridized carbons (Fsp3) is 0.778. The van der Waals surface area contributed by atoms with Crippen LogP contribution in [0.25, 0.3) is 0 Å². The summed E-state index contributed by atoms with van der Waals surface area (Å²) in [6.45, 7) is 0. The van der Waals surface area contributed by atoms with Crippen LogP contribution in [0.4, 0.5) is 0 Å². The normalized spacial score (nSPS) is 18.3. The Kier molecular flexibility index (Phi) is 4.12. The monoisotopic (exact) mass is 183 g/mol. The number of hydrogen-bond acceptors (Lipinski definition) is 2. The summed E-state index contributed by atoms with van der Waals surface area (Å²) in [7, 11) is 0. The molecule has 0 aromatic carbocycles. The number of rotatable bonds is 2. The van der Waals surface area contributed by atoms with Crippen LogP contribution in [0.3, 0.4) is 0 Å². The third-order valence-electron chi connectivity index (χ3n) is 2.36. The molecular weight excluding hydrogens is 170 g/mol. The predicted octanol–water partition coefficient (Wildman–Crippen LogP) is 2.59. The highest BCUT2D eigenvalue weighted by atomic mass is 32.1. The van der Waals surface area contributed by atoms with Gasteiger partial charge in [-0.2, -0.15) is 4.99 Å². The molecule has 0 atom stereocenters. The molecule has 0 aromatic rings. The van der Waals surface area contributed by atoms with Crippen LogP contribution in [0.1, 0.15) is 38.5 Å². The number of thiocarbonyl (C=S) groups is 1. The van der Waals surface area contributed by atoms with Crippen molar-refractivity contribution in [2.24, 2.45) is 10.9 Å². The minimum atomic E-state index is -0.100. The molecular formula is C9H13NOS. The van der Waals surface area contributed by atoms with Crippen LogP contribution in [0.2, 0.25) is 0 Å². The lowest BCUT2D eigenvalue weighted by Gasteiger charge is -2.19. The van der Waals surface area contributed by atoms with Crippen molar-refractivity contribution in [3.05, 3.63) is 0 Å². The molecule has 66 valence electrons. The van der Waals surface area contributed by atoms with Gasteiger partial charge in [-0.25, -0.2) is 0 Å². The zero-order valence-electron chi connectivity index (χ0n) is 7.08. The second kappa shape index (κ2) is 5.18. The van der Waals surface area contributed by atoms with Gasteiger partial charge in [-0.3, -0.25) is 4.79 Å². The lowest BCUT2D eigenvalue weighted by atomic mass is 9.87. The maximum Gasteiger partial charge on any atom is 0.254 e. The molecule has 0 saturated heterocycles. The summed E-state index contributed by atoms with van der Waals surface area (Å²) < 4.78 is 0. The zero-order valence-corrected chi connectivity index (χ0v) is 7.90. The zero-order chi connectivity index (χ0) is 8.81. The number of aliphatic imine (C=N–C) groups is 1. The van der Waals surface area contributed by atoms with Gasteiger partial charge in [0, 0.05) is 6.42 Å². The molecule has 1 saturated carbocycles. The summed E-state index contributed by atoms with van der Waals surface area (Å²) in [5.41, 5.74) is 0. The number of carbonyl (C=O) groups is 1. The lowest BCUT2D eigenvalue weighted by molar-refractivity contribution is -0.118. The largest absolute Gasteiger partial charge is 0.272 e. The summed E-state index contributed by atoms with van der Waals surface area (Å²) >= 11 is 4.36. The van der Waals surface area contributed by atoms with Gasteiger partial charge in [0.2, 0.25) is 0 Å². The second-order valence-corrected chi connectivity index (χ2v) is 3.49. The van der Waals surface area contributed by atoms with E-state index in [1.54, 1.807) is 0 Å². The molecule has 0 aliphatic heterocycles. The first kappa shape index (κ1) is 9.56. The smallest absolute Gasteiger partial charge is 0.254 e. The first-order valence-corrected chi connectivity index (χ1v) is 4.84. The van der Waals surface area contributed by atoms with E-state index in [0.717, 1.165) is 0 Å². The van der Waals surface area contributed by atoms with Gasteiger partial charge in [-0.05, 0) is 31.0 Å². The first-order valence-electron chi connectivity index (χ1n) is 4.43. The highest BCUT2D eigenvalue weighted by Crippen LogP contribution is 2.26. The Morgan fingerprint density at radius 2 is 2.08 bits per heavy atom. The Bertz CT molecular complexity index is 203. The van der Waals surface area contributed by atoms with Crippen molar-refractivity contribution in [3.8, 4) is 0 Å². The van der Waals surface area contributed by atoms with Crippen molar-refractivity contribution in [1.82, 2.24) is 0 Å². The van der Waals surface area contributed by atoms with E-state index in [9.17, 15) is 4.79 Å². The van der Waals surface area contributed by atoms with E-state index in [1.807, 2.05) is 0 Å². The summed E-state index contributed by atoms with van der Waals surface area (Å²) in [4.78, 5) is 14.5. The quantitative estimate of drug-likeness (QED) is 0.486. The highest BCUT2D eigenvalue weighted by molar-refractivity contribution is 7.78. The molecule has 1 aliphatic rings. The Labute approximate surface area is 78.1 Å². The predicted molar refractivity (Wildman–Crippen MR) is 51.2 cm³/mol. The van der Waals surface area contributed by atoms with Crippen LogP contribution in [-0.4, -0.2) is 11.1 Å². The summed E-state index contributed by atoms with van der Waals surface area (Å²) in [6, 6.07) is 0. The molecule has 0 radical (unpaired) electrons. The first-order chi connectivity index (χ1) is 5.83. The Morgan fingerprint density at radius 1 is 1.42 bits per heavy atom. The molecule has 0 unspecified atom stereocenters. The summed E-state index contributed by atoms with van der Waals surface area (Å²) in [6.07, 6.45) is 6.78. The topological polar surface area (TPSA) is 29.4 Å². The molecule has 1 rings (SSSR count). The fourth-order valence-corrected chi connectivity index (χ4v) is 1.84. The van der Waals surface area contributed by atoms with Gasteiger partial charge in [0.1, 0.15) is 0 Å². The van der Waals surface area contributed by atoms with Gasteiger partial charge in [0.05, 0.1) is 5.16 Å². The Hall–Kier alpha value is -0.530. The third-order valence-corrected chi connectivity index (χ3v) is 2.45. The molecule has 12 heavy (non-hydrogen) atoms. The fourth-order valence-electron chi connectivity index (χ4n) is 1.73. The van der Waals surface area contributed by atoms with Gasteiger partial charge in [-0.15, -0.1) is 0 Å². The average molecular weight is 183 g/mol. The van der Waals surface area contributed by atoms with Gasteiger partial charge >= 0.3 is 0 Å². The maximum atomic E-state index is 11.0. The number of isothiocyanates is 1. The molecule has 0 spiro atoms. The number of nitrogens with zero attached hydrogens (tertiary/aromatic N) is 1. The van der Waals surface area contributed by atoms with E-state index in [1.165, 1.54) is 32.1 Å². The number of carbonyl (C=O) groups excluding carboxylic acids is 1. The van der Waals surface area contributed by atoms with E-state index in [4.69, 9.17) is 0 Å². The Balaban J connectivity index is 2.29. The molecule has 2 nitrogen and oxygen atoms in total. The Morgan fingerprint density at radius 3 is 2.67 bits per heavy atom. The molecule has 3 heteroatoms.